The Morgan fingerprint density at radius 3 is 2.61 bits per heavy atom. The van der Waals surface area contributed by atoms with E-state index in [4.69, 9.17) is 16.5 Å². The van der Waals surface area contributed by atoms with Crippen LogP contribution in [-0.2, 0) is 6.42 Å². The van der Waals surface area contributed by atoms with Gasteiger partial charge in [0, 0.05) is 0 Å². The number of terminal acetylenes is 1. The van der Waals surface area contributed by atoms with Crippen LogP contribution in [0.2, 0.25) is 0 Å². The van der Waals surface area contributed by atoms with Crippen LogP contribution >= 0.6 is 0 Å². The Hall–Kier alpha value is -1.76. The van der Waals surface area contributed by atoms with E-state index in [1.165, 1.54) is 0 Å². The van der Waals surface area contributed by atoms with Gasteiger partial charge in [-0.1, -0.05) is 62.3 Å². The first kappa shape index (κ1) is 16.2. The summed E-state index contributed by atoms with van der Waals surface area (Å²) < 4.78 is 0. The second-order valence-electron chi connectivity index (χ2n) is 3.28. The highest BCUT2D eigenvalue weighted by atomic mass is 16.4. The summed E-state index contributed by atoms with van der Waals surface area (Å²) in [6, 6.07) is 7.17. The summed E-state index contributed by atoms with van der Waals surface area (Å²) in [5.41, 5.74) is 1.53. The third-order valence-electron chi connectivity index (χ3n) is 2.04. The molecule has 18 heavy (non-hydrogen) atoms. The predicted octanol–water partition coefficient (Wildman–Crippen LogP) is 1.68. The zero-order valence-corrected chi connectivity index (χ0v) is 10.9. The molecule has 1 rings (SSSR count). The Morgan fingerprint density at radius 1 is 1.28 bits per heavy atom. The molecule has 0 saturated carbocycles. The van der Waals surface area contributed by atoms with Crippen molar-refractivity contribution in [3.05, 3.63) is 54.1 Å². The van der Waals surface area contributed by atoms with E-state index >= 15 is 0 Å². The van der Waals surface area contributed by atoms with E-state index in [-0.39, 0.29) is 0 Å². The Kier molecular flexibility index (Phi) is 9.39. The van der Waals surface area contributed by atoms with E-state index in [0.717, 1.165) is 12.0 Å². The highest BCUT2D eigenvalue weighted by Gasteiger charge is 2.09. The van der Waals surface area contributed by atoms with Gasteiger partial charge in [-0.15, -0.1) is 6.42 Å². The van der Waals surface area contributed by atoms with Crippen LogP contribution in [0.3, 0.4) is 0 Å². The molecule has 0 saturated heterocycles. The van der Waals surface area contributed by atoms with Gasteiger partial charge in [-0.3, -0.25) is 0 Å². The van der Waals surface area contributed by atoms with Crippen molar-refractivity contribution in [3.63, 3.8) is 0 Å². The number of benzene rings is 1. The molecule has 0 atom stereocenters. The summed E-state index contributed by atoms with van der Waals surface area (Å²) in [6.45, 7) is 4.00. The Labute approximate surface area is 110 Å². The molecule has 0 aromatic heterocycles. The minimum Gasteiger partial charge on any atom is -0.423 e. The van der Waals surface area contributed by atoms with Crippen molar-refractivity contribution in [1.82, 2.24) is 0 Å². The van der Waals surface area contributed by atoms with Gasteiger partial charge in [-0.05, 0) is 23.5 Å². The molecule has 94 valence electrons. The average Bonchev–Trinajstić information content (AvgIpc) is 2.41. The molecule has 0 aliphatic rings. The molecule has 0 unspecified atom stereocenters. The van der Waals surface area contributed by atoms with Gasteiger partial charge >= 0.3 is 7.12 Å². The fourth-order valence-corrected chi connectivity index (χ4v) is 1.27. The Balaban J connectivity index is 0.00000137. The van der Waals surface area contributed by atoms with E-state index in [1.807, 2.05) is 32.1 Å². The van der Waals surface area contributed by atoms with Gasteiger partial charge in [-0.25, -0.2) is 0 Å². The molecule has 0 aliphatic heterocycles. The van der Waals surface area contributed by atoms with Crippen molar-refractivity contribution < 1.29 is 10.0 Å². The lowest BCUT2D eigenvalue weighted by molar-refractivity contribution is 0.425. The van der Waals surface area contributed by atoms with Crippen molar-refractivity contribution in [3.8, 4) is 12.3 Å². The molecule has 0 spiro atoms. The zero-order chi connectivity index (χ0) is 13.8. The molecule has 3 heteroatoms. The van der Waals surface area contributed by atoms with Crippen LogP contribution in [-0.4, -0.2) is 17.2 Å². The molecule has 2 N–H and O–H groups in total. The molecule has 1 aromatic carbocycles. The lowest BCUT2D eigenvalue weighted by Crippen LogP contribution is -2.29. The molecule has 0 fully saturated rings. The summed E-state index contributed by atoms with van der Waals surface area (Å²) in [5, 5.41) is 18.0. The predicted molar refractivity (Wildman–Crippen MR) is 78.4 cm³/mol. The highest BCUT2D eigenvalue weighted by molar-refractivity contribution is 6.58. The van der Waals surface area contributed by atoms with Crippen LogP contribution in [0.25, 0.3) is 0 Å². The van der Waals surface area contributed by atoms with Gasteiger partial charge in [0.05, 0.1) is 0 Å². The molecule has 2 nitrogen and oxygen atoms in total. The molecule has 0 heterocycles. The van der Waals surface area contributed by atoms with Crippen molar-refractivity contribution in [1.29, 1.82) is 0 Å². The third kappa shape index (κ3) is 6.75. The smallest absolute Gasteiger partial charge is 0.423 e. The molecular formula is C15H19BO2. The van der Waals surface area contributed by atoms with Gasteiger partial charge in [0.25, 0.3) is 0 Å². The largest absolute Gasteiger partial charge is 0.488 e. The fourth-order valence-electron chi connectivity index (χ4n) is 1.27. The quantitative estimate of drug-likeness (QED) is 0.479. The van der Waals surface area contributed by atoms with E-state index in [2.05, 4.69) is 5.92 Å². The minimum absolute atomic E-state index is 0.505. The molecule has 0 aliphatic carbocycles. The molecule has 0 amide bonds. The SMILES string of the molecule is C#C/C=C\C=C/Cc1cccc(B(O)O)c1.CC. The molecular weight excluding hydrogens is 223 g/mol. The fraction of sp³-hybridized carbons (Fsp3) is 0.200. The van der Waals surface area contributed by atoms with E-state index in [1.54, 1.807) is 30.4 Å². The van der Waals surface area contributed by atoms with Crippen LogP contribution < -0.4 is 5.46 Å². The second-order valence-corrected chi connectivity index (χ2v) is 3.28. The van der Waals surface area contributed by atoms with Crippen molar-refractivity contribution in [2.24, 2.45) is 0 Å². The molecule has 1 aromatic rings. The first-order valence-electron chi connectivity index (χ1n) is 5.97. The third-order valence-corrected chi connectivity index (χ3v) is 2.04. The normalized spacial score (nSPS) is 9.94. The number of allylic oxidation sites excluding steroid dienone is 4. The summed E-state index contributed by atoms with van der Waals surface area (Å²) in [5.74, 6) is 2.39. The molecule has 0 radical (unpaired) electrons. The second kappa shape index (κ2) is 10.4. The number of rotatable bonds is 4. The van der Waals surface area contributed by atoms with Gasteiger partial charge in [0.1, 0.15) is 0 Å². The maximum absolute atomic E-state index is 8.99. The first-order valence-corrected chi connectivity index (χ1v) is 5.97. The average molecular weight is 242 g/mol. The van der Waals surface area contributed by atoms with E-state index in [9.17, 15) is 0 Å². The van der Waals surface area contributed by atoms with Crippen molar-refractivity contribution in [2.45, 2.75) is 20.3 Å². The van der Waals surface area contributed by atoms with Gasteiger partial charge in [-0.2, -0.15) is 0 Å². The van der Waals surface area contributed by atoms with Crippen molar-refractivity contribution in [2.75, 3.05) is 0 Å². The zero-order valence-electron chi connectivity index (χ0n) is 10.9. The minimum atomic E-state index is -1.41. The maximum atomic E-state index is 8.99. The van der Waals surface area contributed by atoms with Crippen LogP contribution in [0.1, 0.15) is 19.4 Å². The topological polar surface area (TPSA) is 40.5 Å². The standard InChI is InChI=1S/C13H13BO2.C2H6/c1-2-3-4-5-6-8-12-9-7-10-13(11-12)14(15)16;1-2/h1,3-7,9-11,15-16H,8H2;1-2H3/b4-3-,6-5-;. The monoisotopic (exact) mass is 242 g/mol. The van der Waals surface area contributed by atoms with Gasteiger partial charge < -0.3 is 10.0 Å². The van der Waals surface area contributed by atoms with Crippen molar-refractivity contribution >= 4 is 12.6 Å². The summed E-state index contributed by atoms with van der Waals surface area (Å²) in [4.78, 5) is 0. The van der Waals surface area contributed by atoms with Crippen LogP contribution in [0.15, 0.2) is 48.6 Å². The Morgan fingerprint density at radius 2 is 2.00 bits per heavy atom. The van der Waals surface area contributed by atoms with Gasteiger partial charge in [0.2, 0.25) is 0 Å². The highest BCUT2D eigenvalue weighted by Crippen LogP contribution is 1.99. The number of hydrogen-bond donors (Lipinski definition) is 2. The summed E-state index contributed by atoms with van der Waals surface area (Å²) in [6.07, 6.45) is 13.0. The summed E-state index contributed by atoms with van der Waals surface area (Å²) in [7, 11) is -1.41. The van der Waals surface area contributed by atoms with E-state index < -0.39 is 7.12 Å². The van der Waals surface area contributed by atoms with Crippen LogP contribution in [0, 0.1) is 12.3 Å². The lowest BCUT2D eigenvalue weighted by Gasteiger charge is -2.01. The summed E-state index contributed by atoms with van der Waals surface area (Å²) >= 11 is 0. The van der Waals surface area contributed by atoms with E-state index in [0.29, 0.717) is 5.46 Å². The van der Waals surface area contributed by atoms with Gasteiger partial charge in [0.15, 0.2) is 0 Å². The van der Waals surface area contributed by atoms with Crippen LogP contribution in [0.4, 0.5) is 0 Å². The first-order chi connectivity index (χ1) is 8.74. The Bertz CT molecular complexity index is 428. The number of hydrogen-bond acceptors (Lipinski definition) is 2. The van der Waals surface area contributed by atoms with Crippen LogP contribution in [0.5, 0.6) is 0 Å². The molecule has 0 bridgehead atoms. The maximum Gasteiger partial charge on any atom is 0.488 e. The lowest BCUT2D eigenvalue weighted by atomic mass is 9.79.